The van der Waals surface area contributed by atoms with Crippen molar-refractivity contribution < 1.29 is 23.0 Å². The maximum atomic E-state index is 12.8. The average molecular weight is 354 g/mol. The lowest BCUT2D eigenvalue weighted by Gasteiger charge is -2.19. The van der Waals surface area contributed by atoms with Gasteiger partial charge in [0.15, 0.2) is 6.10 Å². The number of alkyl halides is 3. The number of nitrogens with zero attached hydrogens (tertiary/aromatic N) is 2. The second-order valence-electron chi connectivity index (χ2n) is 5.03. The van der Waals surface area contributed by atoms with Gasteiger partial charge >= 0.3 is 6.18 Å². The van der Waals surface area contributed by atoms with Gasteiger partial charge in [0.2, 0.25) is 0 Å². The van der Waals surface area contributed by atoms with Crippen molar-refractivity contribution in [1.82, 2.24) is 4.98 Å². The van der Waals surface area contributed by atoms with Gasteiger partial charge in [0, 0.05) is 11.6 Å². The van der Waals surface area contributed by atoms with Gasteiger partial charge in [0.05, 0.1) is 29.3 Å². The predicted octanol–water partition coefficient (Wildman–Crippen LogP) is 4.91. The van der Waals surface area contributed by atoms with Crippen LogP contribution < -0.4 is 4.74 Å². The van der Waals surface area contributed by atoms with Crippen molar-refractivity contribution in [2.45, 2.75) is 45.9 Å². The molecular weight excluding hydrogens is 333 g/mol. The number of hydrogen-bond donors (Lipinski definition) is 1. The van der Waals surface area contributed by atoms with Crippen LogP contribution in [-0.4, -0.2) is 22.9 Å². The topological polar surface area (TPSA) is 66.1 Å². The zero-order chi connectivity index (χ0) is 19.0. The zero-order valence-corrected chi connectivity index (χ0v) is 14.4. The van der Waals surface area contributed by atoms with Crippen LogP contribution in [0.5, 0.6) is 5.75 Å². The van der Waals surface area contributed by atoms with Gasteiger partial charge in [-0.3, -0.25) is 4.98 Å². The Morgan fingerprint density at radius 3 is 2.56 bits per heavy atom. The molecule has 0 aliphatic heterocycles. The van der Waals surface area contributed by atoms with Crippen LogP contribution in [0.25, 0.3) is 10.9 Å². The molecule has 0 spiro atoms. The van der Waals surface area contributed by atoms with Gasteiger partial charge in [-0.2, -0.15) is 18.4 Å². The lowest BCUT2D eigenvalue weighted by Crippen LogP contribution is -2.21. The summed E-state index contributed by atoms with van der Waals surface area (Å²) in [4.78, 5) is 3.92. The standard InChI is InChI=1S/C16H15F3N2O2.C2H6/c1-2-3-6-23-14-11-5-4-10(8-20)7-13(11)21-9-12(14)15(22)16(17,18)19;1-2/h4-5,7,9,15,22H,2-3,6H2,1H3;1-2H3. The molecule has 4 nitrogen and oxygen atoms in total. The number of nitriles is 1. The van der Waals surface area contributed by atoms with Crippen LogP contribution in [0.3, 0.4) is 0 Å². The Labute approximate surface area is 144 Å². The van der Waals surface area contributed by atoms with Crippen molar-refractivity contribution in [2.75, 3.05) is 6.61 Å². The number of hydrogen-bond acceptors (Lipinski definition) is 4. The van der Waals surface area contributed by atoms with Gasteiger partial charge in [0.1, 0.15) is 5.75 Å². The highest BCUT2D eigenvalue weighted by atomic mass is 19.4. The van der Waals surface area contributed by atoms with Gasteiger partial charge in [0.25, 0.3) is 0 Å². The number of rotatable bonds is 5. The van der Waals surface area contributed by atoms with Crippen molar-refractivity contribution in [1.29, 1.82) is 5.26 Å². The van der Waals surface area contributed by atoms with Crippen molar-refractivity contribution in [2.24, 2.45) is 0 Å². The maximum absolute atomic E-state index is 12.8. The fourth-order valence-electron chi connectivity index (χ4n) is 2.10. The van der Waals surface area contributed by atoms with Gasteiger partial charge in [-0.15, -0.1) is 0 Å². The first-order valence-corrected chi connectivity index (χ1v) is 8.08. The molecule has 0 bridgehead atoms. The van der Waals surface area contributed by atoms with E-state index >= 15 is 0 Å². The molecule has 0 aliphatic rings. The molecule has 1 aromatic heterocycles. The summed E-state index contributed by atoms with van der Waals surface area (Å²) in [6, 6.07) is 6.36. The molecule has 7 heteroatoms. The van der Waals surface area contributed by atoms with Gasteiger partial charge in [-0.1, -0.05) is 27.2 Å². The monoisotopic (exact) mass is 354 g/mol. The average Bonchev–Trinajstić information content (AvgIpc) is 2.61. The zero-order valence-electron chi connectivity index (χ0n) is 14.4. The number of aliphatic hydroxyl groups excluding tert-OH is 1. The summed E-state index contributed by atoms with van der Waals surface area (Å²) in [7, 11) is 0. The summed E-state index contributed by atoms with van der Waals surface area (Å²) < 4.78 is 44.0. The van der Waals surface area contributed by atoms with Crippen molar-refractivity contribution in [3.63, 3.8) is 0 Å². The third kappa shape index (κ3) is 5.07. The molecule has 0 amide bonds. The lowest BCUT2D eigenvalue weighted by atomic mass is 10.0. The number of aromatic nitrogens is 1. The van der Waals surface area contributed by atoms with Crippen LogP contribution in [0, 0.1) is 11.3 Å². The highest BCUT2D eigenvalue weighted by Gasteiger charge is 2.41. The number of aliphatic hydroxyl groups is 1. The van der Waals surface area contributed by atoms with Crippen LogP contribution >= 0.6 is 0 Å². The molecule has 0 fully saturated rings. The van der Waals surface area contributed by atoms with Crippen LogP contribution in [0.4, 0.5) is 13.2 Å². The summed E-state index contributed by atoms with van der Waals surface area (Å²) in [6.07, 6.45) is -5.06. The van der Waals surface area contributed by atoms with Crippen LogP contribution in [0.2, 0.25) is 0 Å². The SMILES string of the molecule is CC.CCCCOc1c(C(O)C(F)(F)F)cnc2cc(C#N)ccc12. The number of ether oxygens (including phenoxy) is 1. The molecule has 0 saturated carbocycles. The van der Waals surface area contributed by atoms with Crippen molar-refractivity contribution in [3.05, 3.63) is 35.5 Å². The summed E-state index contributed by atoms with van der Waals surface area (Å²) in [5.74, 6) is -0.0437. The Morgan fingerprint density at radius 1 is 1.32 bits per heavy atom. The molecule has 1 aromatic carbocycles. The Balaban J connectivity index is 0.00000151. The summed E-state index contributed by atoms with van der Waals surface area (Å²) in [6.45, 7) is 6.16. The largest absolute Gasteiger partial charge is 0.492 e. The van der Waals surface area contributed by atoms with Crippen LogP contribution in [0.1, 0.15) is 50.8 Å². The Hall–Kier alpha value is -2.33. The molecule has 1 unspecified atom stereocenters. The highest BCUT2D eigenvalue weighted by Crippen LogP contribution is 2.40. The van der Waals surface area contributed by atoms with E-state index in [1.54, 1.807) is 0 Å². The first-order chi connectivity index (χ1) is 11.9. The Bertz CT molecular complexity index is 739. The van der Waals surface area contributed by atoms with E-state index < -0.39 is 17.8 Å². The summed E-state index contributed by atoms with van der Waals surface area (Å²) in [5, 5.41) is 18.8. The first kappa shape index (κ1) is 20.7. The maximum Gasteiger partial charge on any atom is 0.418 e. The highest BCUT2D eigenvalue weighted by molar-refractivity contribution is 5.87. The Kier molecular flexibility index (Phi) is 7.65. The summed E-state index contributed by atoms with van der Waals surface area (Å²) >= 11 is 0. The minimum Gasteiger partial charge on any atom is -0.492 e. The molecule has 25 heavy (non-hydrogen) atoms. The van der Waals surface area contributed by atoms with Gasteiger partial charge in [-0.05, 0) is 24.6 Å². The molecule has 2 rings (SSSR count). The second kappa shape index (κ2) is 9.23. The van der Waals surface area contributed by atoms with Gasteiger partial charge < -0.3 is 9.84 Å². The van der Waals surface area contributed by atoms with Gasteiger partial charge in [-0.25, -0.2) is 0 Å². The van der Waals surface area contributed by atoms with E-state index in [0.29, 0.717) is 22.9 Å². The minimum absolute atomic E-state index is 0.0437. The molecule has 0 saturated heterocycles. The van der Waals surface area contributed by atoms with E-state index in [4.69, 9.17) is 10.00 Å². The first-order valence-electron chi connectivity index (χ1n) is 8.08. The summed E-state index contributed by atoms with van der Waals surface area (Å²) in [5.41, 5.74) is 0.258. The molecule has 136 valence electrons. The molecule has 1 N–H and O–H groups in total. The van der Waals surface area contributed by atoms with Crippen molar-refractivity contribution in [3.8, 4) is 11.8 Å². The molecule has 0 radical (unpaired) electrons. The smallest absolute Gasteiger partial charge is 0.418 e. The fraction of sp³-hybridized carbons (Fsp3) is 0.444. The van der Waals surface area contributed by atoms with Crippen LogP contribution in [0.15, 0.2) is 24.4 Å². The fourth-order valence-corrected chi connectivity index (χ4v) is 2.10. The van der Waals surface area contributed by atoms with E-state index in [2.05, 4.69) is 4.98 Å². The normalized spacial score (nSPS) is 12.1. The van der Waals surface area contributed by atoms with E-state index in [9.17, 15) is 18.3 Å². The number of benzene rings is 1. The van der Waals surface area contributed by atoms with E-state index in [1.807, 2.05) is 26.8 Å². The third-order valence-corrected chi connectivity index (χ3v) is 3.33. The number of unbranched alkanes of at least 4 members (excludes halogenated alkanes) is 1. The lowest BCUT2D eigenvalue weighted by molar-refractivity contribution is -0.207. The third-order valence-electron chi connectivity index (χ3n) is 3.33. The number of fused-ring (bicyclic) bond motifs is 1. The number of pyridine rings is 1. The van der Waals surface area contributed by atoms with Crippen LogP contribution in [-0.2, 0) is 0 Å². The van der Waals surface area contributed by atoms with E-state index in [0.717, 1.165) is 12.6 Å². The van der Waals surface area contributed by atoms with E-state index in [-0.39, 0.29) is 12.4 Å². The second-order valence-corrected chi connectivity index (χ2v) is 5.03. The molecule has 1 heterocycles. The quantitative estimate of drug-likeness (QED) is 0.775. The van der Waals surface area contributed by atoms with Crippen molar-refractivity contribution >= 4 is 10.9 Å². The molecule has 1 atom stereocenters. The molecule has 2 aromatic rings. The predicted molar refractivity (Wildman–Crippen MR) is 89.2 cm³/mol. The Morgan fingerprint density at radius 2 is 2.00 bits per heavy atom. The van der Waals surface area contributed by atoms with E-state index in [1.165, 1.54) is 18.2 Å². The molecular formula is C18H21F3N2O2. The minimum atomic E-state index is -4.81. The molecule has 0 aliphatic carbocycles. The number of halogens is 3.